The fourth-order valence-electron chi connectivity index (χ4n) is 4.95. The second-order valence-corrected chi connectivity index (χ2v) is 8.44. The first-order chi connectivity index (χ1) is 12.2. The summed E-state index contributed by atoms with van der Waals surface area (Å²) < 4.78 is 5.64. The molecule has 0 saturated heterocycles. The summed E-state index contributed by atoms with van der Waals surface area (Å²) in [5.41, 5.74) is 1.19. The van der Waals surface area contributed by atoms with Gasteiger partial charge in [-0.1, -0.05) is 56.7 Å². The molecule has 2 nitrogen and oxygen atoms in total. The third-order valence-corrected chi connectivity index (χ3v) is 6.51. The molecule has 2 unspecified atom stereocenters. The molecule has 0 amide bonds. The van der Waals surface area contributed by atoms with Crippen LogP contribution in [-0.2, 0) is 4.79 Å². The standard InChI is InChI=1S/C23H34O2/c1-3-4-5-6-18-9-10-20-16-21(12-11-19(20)15-18)23(24)25-22-13-7-17(2)8-14-22/h7-8,13-14,18-21H,3-6,9-12,15-16H2,1-2H3/t18?,19-,20?,21-/m1/s1. The van der Waals surface area contributed by atoms with E-state index < -0.39 is 0 Å². The molecule has 138 valence electrons. The maximum Gasteiger partial charge on any atom is 0.314 e. The lowest BCUT2D eigenvalue weighted by Crippen LogP contribution is -2.35. The minimum Gasteiger partial charge on any atom is -0.426 e. The predicted octanol–water partition coefficient (Wildman–Crippen LogP) is 6.31. The summed E-state index contributed by atoms with van der Waals surface area (Å²) in [5.74, 6) is 3.36. The average Bonchev–Trinajstić information content (AvgIpc) is 2.63. The van der Waals surface area contributed by atoms with Crippen molar-refractivity contribution in [2.45, 2.75) is 78.1 Å². The van der Waals surface area contributed by atoms with Crippen LogP contribution in [0, 0.1) is 30.6 Å². The molecule has 3 rings (SSSR count). The monoisotopic (exact) mass is 342 g/mol. The van der Waals surface area contributed by atoms with Gasteiger partial charge in [0.25, 0.3) is 0 Å². The van der Waals surface area contributed by atoms with Crippen molar-refractivity contribution in [1.29, 1.82) is 0 Å². The topological polar surface area (TPSA) is 26.3 Å². The molecule has 2 saturated carbocycles. The largest absolute Gasteiger partial charge is 0.426 e. The molecule has 1 aromatic rings. The SMILES string of the molecule is CCCCCC1CCC2C[C@H](C(=O)Oc3ccc(C)cc3)CC[C@@H]2C1. The third kappa shape index (κ3) is 5.09. The van der Waals surface area contributed by atoms with Crippen LogP contribution in [0.15, 0.2) is 24.3 Å². The lowest BCUT2D eigenvalue weighted by molar-refractivity contribution is -0.141. The van der Waals surface area contributed by atoms with Crippen LogP contribution in [0.1, 0.15) is 76.7 Å². The van der Waals surface area contributed by atoms with Crippen molar-refractivity contribution < 1.29 is 9.53 Å². The number of hydrogen-bond donors (Lipinski definition) is 0. The van der Waals surface area contributed by atoms with E-state index in [1.54, 1.807) is 0 Å². The molecule has 0 spiro atoms. The Labute approximate surface area is 153 Å². The molecular formula is C23H34O2. The van der Waals surface area contributed by atoms with Crippen molar-refractivity contribution in [3.05, 3.63) is 29.8 Å². The molecular weight excluding hydrogens is 308 g/mol. The summed E-state index contributed by atoms with van der Waals surface area (Å²) in [7, 11) is 0. The van der Waals surface area contributed by atoms with Crippen molar-refractivity contribution in [3.63, 3.8) is 0 Å². The number of benzene rings is 1. The normalized spacial score (nSPS) is 29.0. The van der Waals surface area contributed by atoms with E-state index in [-0.39, 0.29) is 11.9 Å². The molecule has 25 heavy (non-hydrogen) atoms. The molecule has 2 aliphatic rings. The minimum absolute atomic E-state index is 0.00706. The van der Waals surface area contributed by atoms with Crippen molar-refractivity contribution in [2.24, 2.45) is 23.7 Å². The number of carbonyl (C=O) groups excluding carboxylic acids is 1. The van der Waals surface area contributed by atoms with E-state index in [0.717, 1.165) is 30.6 Å². The average molecular weight is 343 g/mol. The first kappa shape index (κ1) is 18.5. The molecule has 0 radical (unpaired) electrons. The highest BCUT2D eigenvalue weighted by atomic mass is 16.5. The molecule has 0 aromatic heterocycles. The molecule has 0 aliphatic heterocycles. The van der Waals surface area contributed by atoms with E-state index in [1.165, 1.54) is 56.9 Å². The zero-order valence-corrected chi connectivity index (χ0v) is 16.0. The first-order valence-corrected chi connectivity index (χ1v) is 10.4. The number of aryl methyl sites for hydroxylation is 1. The molecule has 0 heterocycles. The zero-order chi connectivity index (χ0) is 17.6. The highest BCUT2D eigenvalue weighted by Gasteiger charge is 2.38. The van der Waals surface area contributed by atoms with E-state index in [4.69, 9.17) is 4.74 Å². The lowest BCUT2D eigenvalue weighted by atomic mass is 9.64. The summed E-state index contributed by atoms with van der Waals surface area (Å²) in [4.78, 5) is 12.5. The van der Waals surface area contributed by atoms with E-state index in [9.17, 15) is 4.79 Å². The van der Waals surface area contributed by atoms with Gasteiger partial charge in [0.05, 0.1) is 5.92 Å². The van der Waals surface area contributed by atoms with Gasteiger partial charge in [-0.05, 0) is 68.9 Å². The molecule has 0 bridgehead atoms. The van der Waals surface area contributed by atoms with Gasteiger partial charge in [-0.25, -0.2) is 0 Å². The molecule has 0 N–H and O–H groups in total. The van der Waals surface area contributed by atoms with Gasteiger partial charge in [-0.15, -0.1) is 0 Å². The molecule has 1 aromatic carbocycles. The molecule has 4 atom stereocenters. The van der Waals surface area contributed by atoms with Gasteiger partial charge in [0.1, 0.15) is 5.75 Å². The Morgan fingerprint density at radius 3 is 2.48 bits per heavy atom. The molecule has 2 aliphatic carbocycles. The fourth-order valence-corrected chi connectivity index (χ4v) is 4.95. The van der Waals surface area contributed by atoms with Crippen LogP contribution >= 0.6 is 0 Å². The molecule has 2 fully saturated rings. The Morgan fingerprint density at radius 2 is 1.72 bits per heavy atom. The van der Waals surface area contributed by atoms with E-state index in [0.29, 0.717) is 5.75 Å². The molecule has 2 heteroatoms. The van der Waals surface area contributed by atoms with Crippen LogP contribution < -0.4 is 4.74 Å². The van der Waals surface area contributed by atoms with Crippen LogP contribution in [0.2, 0.25) is 0 Å². The van der Waals surface area contributed by atoms with Gasteiger partial charge in [0.2, 0.25) is 0 Å². The number of unbranched alkanes of at least 4 members (excludes halogenated alkanes) is 2. The number of ether oxygens (including phenoxy) is 1. The van der Waals surface area contributed by atoms with Gasteiger partial charge in [0, 0.05) is 0 Å². The van der Waals surface area contributed by atoms with Crippen molar-refractivity contribution in [3.8, 4) is 5.75 Å². The predicted molar refractivity (Wildman–Crippen MR) is 103 cm³/mol. The second-order valence-electron chi connectivity index (χ2n) is 8.44. The van der Waals surface area contributed by atoms with Crippen LogP contribution in [-0.4, -0.2) is 5.97 Å². The number of carbonyl (C=O) groups is 1. The van der Waals surface area contributed by atoms with Crippen LogP contribution in [0.3, 0.4) is 0 Å². The quantitative estimate of drug-likeness (QED) is 0.344. The Morgan fingerprint density at radius 1 is 1.00 bits per heavy atom. The Balaban J connectivity index is 1.47. The summed E-state index contributed by atoms with van der Waals surface area (Å²) in [6.45, 7) is 4.33. The van der Waals surface area contributed by atoms with Gasteiger partial charge < -0.3 is 4.74 Å². The Bertz CT molecular complexity index is 548. The van der Waals surface area contributed by atoms with Crippen molar-refractivity contribution in [2.75, 3.05) is 0 Å². The highest BCUT2D eigenvalue weighted by Crippen LogP contribution is 2.46. The summed E-state index contributed by atoms with van der Waals surface area (Å²) >= 11 is 0. The van der Waals surface area contributed by atoms with E-state index in [2.05, 4.69) is 6.92 Å². The van der Waals surface area contributed by atoms with Gasteiger partial charge in [-0.3, -0.25) is 4.79 Å². The number of hydrogen-bond acceptors (Lipinski definition) is 2. The summed E-state index contributed by atoms with van der Waals surface area (Å²) in [6.07, 6.45) is 13.0. The lowest BCUT2D eigenvalue weighted by Gasteiger charge is -2.41. The summed E-state index contributed by atoms with van der Waals surface area (Å²) in [6, 6.07) is 7.80. The third-order valence-electron chi connectivity index (χ3n) is 6.51. The Kier molecular flexibility index (Phi) is 6.56. The van der Waals surface area contributed by atoms with Crippen LogP contribution in [0.5, 0.6) is 5.75 Å². The number of fused-ring (bicyclic) bond motifs is 1. The maximum atomic E-state index is 12.5. The van der Waals surface area contributed by atoms with Crippen LogP contribution in [0.4, 0.5) is 0 Å². The number of rotatable bonds is 6. The van der Waals surface area contributed by atoms with E-state index >= 15 is 0 Å². The van der Waals surface area contributed by atoms with Gasteiger partial charge >= 0.3 is 5.97 Å². The summed E-state index contributed by atoms with van der Waals surface area (Å²) in [5, 5.41) is 0. The van der Waals surface area contributed by atoms with Gasteiger partial charge in [0.15, 0.2) is 0 Å². The van der Waals surface area contributed by atoms with Crippen molar-refractivity contribution >= 4 is 5.97 Å². The highest BCUT2D eigenvalue weighted by molar-refractivity contribution is 5.75. The minimum atomic E-state index is -0.00706. The smallest absolute Gasteiger partial charge is 0.314 e. The van der Waals surface area contributed by atoms with E-state index in [1.807, 2.05) is 31.2 Å². The van der Waals surface area contributed by atoms with Gasteiger partial charge in [-0.2, -0.15) is 0 Å². The van der Waals surface area contributed by atoms with Crippen LogP contribution in [0.25, 0.3) is 0 Å². The number of esters is 1. The maximum absolute atomic E-state index is 12.5. The van der Waals surface area contributed by atoms with Crippen molar-refractivity contribution in [1.82, 2.24) is 0 Å². The Hall–Kier alpha value is -1.31. The zero-order valence-electron chi connectivity index (χ0n) is 16.0. The fraction of sp³-hybridized carbons (Fsp3) is 0.696. The first-order valence-electron chi connectivity index (χ1n) is 10.4. The second kappa shape index (κ2) is 8.87.